The Balaban J connectivity index is 2.46. The second-order valence-electron chi connectivity index (χ2n) is 3.83. The van der Waals surface area contributed by atoms with Crippen molar-refractivity contribution in [3.05, 3.63) is 34.9 Å². The molecule has 0 unspecified atom stereocenters. The number of hydrogen-bond donors (Lipinski definition) is 0. The molecule has 1 aliphatic heterocycles. The van der Waals surface area contributed by atoms with Gasteiger partial charge in [-0.2, -0.15) is 0 Å². The summed E-state index contributed by atoms with van der Waals surface area (Å²) in [4.78, 5) is 13.3. The fourth-order valence-electron chi connectivity index (χ4n) is 2.02. The average Bonchev–Trinajstić information content (AvgIpc) is 2.19. The molecule has 1 amide bonds. The molecule has 1 aromatic carbocycles. The molecular weight excluding hydrogens is 174 g/mol. The van der Waals surface area contributed by atoms with E-state index in [0.29, 0.717) is 6.42 Å². The first kappa shape index (κ1) is 9.25. The second kappa shape index (κ2) is 3.45. The molecule has 1 aromatic rings. The fourth-order valence-corrected chi connectivity index (χ4v) is 2.02. The van der Waals surface area contributed by atoms with Crippen LogP contribution in [0.25, 0.3) is 0 Å². The summed E-state index contributed by atoms with van der Waals surface area (Å²) in [6.45, 7) is 2.90. The van der Waals surface area contributed by atoms with E-state index in [4.69, 9.17) is 0 Å². The minimum Gasteiger partial charge on any atom is -0.341 e. The molecule has 2 heteroatoms. The van der Waals surface area contributed by atoms with E-state index < -0.39 is 0 Å². The molecule has 0 radical (unpaired) electrons. The predicted molar refractivity (Wildman–Crippen MR) is 56.0 cm³/mol. The van der Waals surface area contributed by atoms with Gasteiger partial charge in [-0.25, -0.2) is 0 Å². The van der Waals surface area contributed by atoms with Crippen LogP contribution in [0.1, 0.15) is 23.6 Å². The van der Waals surface area contributed by atoms with Crippen LogP contribution in [0.5, 0.6) is 0 Å². The highest BCUT2D eigenvalue weighted by Gasteiger charge is 2.21. The van der Waals surface area contributed by atoms with Crippen molar-refractivity contribution in [1.82, 2.24) is 4.90 Å². The standard InChI is InChI=1S/C12H15NO/c1-3-9-5-4-6-10-8-13(2)12(14)7-11(9)10/h4-6H,3,7-8H2,1-2H3. The molecule has 0 spiro atoms. The molecule has 0 saturated carbocycles. The van der Waals surface area contributed by atoms with Gasteiger partial charge in [0, 0.05) is 13.6 Å². The number of carbonyl (C=O) groups excluding carboxylic acids is 1. The summed E-state index contributed by atoms with van der Waals surface area (Å²) in [6.07, 6.45) is 1.59. The van der Waals surface area contributed by atoms with Crippen LogP contribution in [0, 0.1) is 0 Å². The summed E-state index contributed by atoms with van der Waals surface area (Å²) < 4.78 is 0. The first-order valence-corrected chi connectivity index (χ1v) is 5.06. The molecule has 0 bridgehead atoms. The lowest BCUT2D eigenvalue weighted by Gasteiger charge is -2.26. The van der Waals surface area contributed by atoms with Gasteiger partial charge in [-0.1, -0.05) is 25.1 Å². The van der Waals surface area contributed by atoms with Crippen molar-refractivity contribution in [3.8, 4) is 0 Å². The van der Waals surface area contributed by atoms with Crippen LogP contribution in [-0.4, -0.2) is 17.9 Å². The third-order valence-electron chi connectivity index (χ3n) is 2.91. The van der Waals surface area contributed by atoms with Crippen molar-refractivity contribution in [2.45, 2.75) is 26.3 Å². The smallest absolute Gasteiger partial charge is 0.227 e. The second-order valence-corrected chi connectivity index (χ2v) is 3.83. The number of carbonyl (C=O) groups is 1. The number of nitrogens with zero attached hydrogens (tertiary/aromatic N) is 1. The van der Waals surface area contributed by atoms with Crippen molar-refractivity contribution in [2.24, 2.45) is 0 Å². The Kier molecular flexibility index (Phi) is 2.28. The molecule has 1 aliphatic rings. The third kappa shape index (κ3) is 1.41. The van der Waals surface area contributed by atoms with Crippen LogP contribution in [0.15, 0.2) is 18.2 Å². The van der Waals surface area contributed by atoms with Gasteiger partial charge in [-0.15, -0.1) is 0 Å². The van der Waals surface area contributed by atoms with Crippen LogP contribution in [-0.2, 0) is 24.2 Å². The van der Waals surface area contributed by atoms with Gasteiger partial charge in [-0.3, -0.25) is 4.79 Å². The summed E-state index contributed by atoms with van der Waals surface area (Å²) >= 11 is 0. The Labute approximate surface area is 84.5 Å². The van der Waals surface area contributed by atoms with Gasteiger partial charge in [0.25, 0.3) is 0 Å². The Morgan fingerprint density at radius 3 is 2.93 bits per heavy atom. The van der Waals surface area contributed by atoms with Gasteiger partial charge in [0.1, 0.15) is 0 Å². The van der Waals surface area contributed by atoms with Gasteiger partial charge in [0.2, 0.25) is 5.91 Å². The third-order valence-corrected chi connectivity index (χ3v) is 2.91. The van der Waals surface area contributed by atoms with Crippen molar-refractivity contribution in [3.63, 3.8) is 0 Å². The molecule has 74 valence electrons. The van der Waals surface area contributed by atoms with Gasteiger partial charge in [0.15, 0.2) is 0 Å². The molecule has 0 fully saturated rings. The van der Waals surface area contributed by atoms with E-state index in [1.165, 1.54) is 16.7 Å². The predicted octanol–water partition coefficient (Wildman–Crippen LogP) is 1.76. The average molecular weight is 189 g/mol. The Morgan fingerprint density at radius 2 is 2.21 bits per heavy atom. The van der Waals surface area contributed by atoms with Crippen LogP contribution in [0.2, 0.25) is 0 Å². The quantitative estimate of drug-likeness (QED) is 0.659. The topological polar surface area (TPSA) is 20.3 Å². The zero-order valence-electron chi connectivity index (χ0n) is 8.71. The van der Waals surface area contributed by atoms with Crippen molar-refractivity contribution < 1.29 is 4.79 Å². The molecule has 0 N–H and O–H groups in total. The van der Waals surface area contributed by atoms with Crippen molar-refractivity contribution in [1.29, 1.82) is 0 Å². The first-order chi connectivity index (χ1) is 6.72. The Morgan fingerprint density at radius 1 is 1.43 bits per heavy atom. The Bertz CT molecular complexity index is 371. The van der Waals surface area contributed by atoms with Gasteiger partial charge in [-0.05, 0) is 23.1 Å². The normalized spacial score (nSPS) is 15.6. The largest absolute Gasteiger partial charge is 0.341 e. The first-order valence-electron chi connectivity index (χ1n) is 5.06. The van der Waals surface area contributed by atoms with Gasteiger partial charge in [0.05, 0.1) is 6.42 Å². The highest BCUT2D eigenvalue weighted by molar-refractivity contribution is 5.81. The number of aryl methyl sites for hydroxylation is 1. The lowest BCUT2D eigenvalue weighted by molar-refractivity contribution is -0.130. The van der Waals surface area contributed by atoms with Crippen LogP contribution in [0.4, 0.5) is 0 Å². The summed E-state index contributed by atoms with van der Waals surface area (Å²) in [6, 6.07) is 6.33. The number of hydrogen-bond acceptors (Lipinski definition) is 1. The van der Waals surface area contributed by atoms with Gasteiger partial charge < -0.3 is 4.90 Å². The molecule has 0 aromatic heterocycles. The molecule has 0 aliphatic carbocycles. The highest BCUT2D eigenvalue weighted by Crippen LogP contribution is 2.22. The minimum absolute atomic E-state index is 0.235. The van der Waals surface area contributed by atoms with E-state index in [9.17, 15) is 4.79 Å². The van der Waals surface area contributed by atoms with E-state index in [1.54, 1.807) is 4.90 Å². The minimum atomic E-state index is 0.235. The Hall–Kier alpha value is -1.31. The lowest BCUT2D eigenvalue weighted by Crippen LogP contribution is -2.33. The molecule has 14 heavy (non-hydrogen) atoms. The van der Waals surface area contributed by atoms with E-state index in [1.807, 2.05) is 7.05 Å². The maximum absolute atomic E-state index is 11.6. The molecule has 0 saturated heterocycles. The highest BCUT2D eigenvalue weighted by atomic mass is 16.2. The maximum atomic E-state index is 11.6. The molecular formula is C12H15NO. The SMILES string of the molecule is CCc1cccc2c1CC(=O)N(C)C2. The monoisotopic (exact) mass is 189 g/mol. The van der Waals surface area contributed by atoms with E-state index >= 15 is 0 Å². The number of likely N-dealkylation sites (N-methyl/N-ethyl adjacent to an activating group) is 1. The van der Waals surface area contributed by atoms with Crippen molar-refractivity contribution >= 4 is 5.91 Å². The van der Waals surface area contributed by atoms with Crippen LogP contribution < -0.4 is 0 Å². The van der Waals surface area contributed by atoms with E-state index in [2.05, 4.69) is 25.1 Å². The number of benzene rings is 1. The molecule has 0 atom stereocenters. The maximum Gasteiger partial charge on any atom is 0.227 e. The summed E-state index contributed by atoms with van der Waals surface area (Å²) in [5, 5.41) is 0. The number of rotatable bonds is 1. The van der Waals surface area contributed by atoms with Crippen molar-refractivity contribution in [2.75, 3.05) is 7.05 Å². The lowest BCUT2D eigenvalue weighted by atomic mass is 9.93. The fraction of sp³-hybridized carbons (Fsp3) is 0.417. The number of fused-ring (bicyclic) bond motifs is 1. The summed E-state index contributed by atoms with van der Waals surface area (Å²) in [5.74, 6) is 0.235. The van der Waals surface area contributed by atoms with Crippen LogP contribution in [0.3, 0.4) is 0 Å². The summed E-state index contributed by atoms with van der Waals surface area (Å²) in [5.41, 5.74) is 3.90. The number of amides is 1. The van der Waals surface area contributed by atoms with Crippen LogP contribution >= 0.6 is 0 Å². The van der Waals surface area contributed by atoms with Gasteiger partial charge >= 0.3 is 0 Å². The van der Waals surface area contributed by atoms with E-state index in [0.717, 1.165) is 13.0 Å². The zero-order valence-corrected chi connectivity index (χ0v) is 8.71. The molecule has 2 nitrogen and oxygen atoms in total. The van der Waals surface area contributed by atoms with E-state index in [-0.39, 0.29) is 5.91 Å². The molecule has 2 rings (SSSR count). The molecule has 1 heterocycles. The summed E-state index contributed by atoms with van der Waals surface area (Å²) in [7, 11) is 1.86. The zero-order chi connectivity index (χ0) is 10.1.